The van der Waals surface area contributed by atoms with Crippen molar-refractivity contribution in [3.63, 3.8) is 0 Å². The highest BCUT2D eigenvalue weighted by atomic mass is 32.2. The number of nitrogens with zero attached hydrogens (tertiary/aromatic N) is 1. The molecular weight excluding hydrogens is 272 g/mol. The monoisotopic (exact) mass is 296 g/mol. The number of carbonyl (C=O) groups is 1. The summed E-state index contributed by atoms with van der Waals surface area (Å²) in [6, 6.07) is 4.08. The molecule has 0 amide bonds. The van der Waals surface area contributed by atoms with Gasteiger partial charge < -0.3 is 10.4 Å². The summed E-state index contributed by atoms with van der Waals surface area (Å²) in [5.74, 6) is -0.805. The predicted molar refractivity (Wildman–Crippen MR) is 83.4 cm³/mol. The van der Waals surface area contributed by atoms with E-state index < -0.39 is 11.5 Å². The molecule has 5 heteroatoms. The Balaban J connectivity index is 2.75. The minimum atomic E-state index is -0.889. The Morgan fingerprint density at radius 1 is 1.50 bits per heavy atom. The third-order valence-corrected chi connectivity index (χ3v) is 4.15. The zero-order chi connectivity index (χ0) is 15.3. The Labute approximate surface area is 125 Å². The van der Waals surface area contributed by atoms with E-state index in [1.54, 1.807) is 18.7 Å². The Morgan fingerprint density at radius 3 is 2.65 bits per heavy atom. The normalized spacial score (nSPS) is 15.7. The quantitative estimate of drug-likeness (QED) is 0.757. The number of hydrogen-bond donors (Lipinski definition) is 2. The molecule has 0 spiro atoms. The van der Waals surface area contributed by atoms with Crippen LogP contribution in [0.1, 0.15) is 38.4 Å². The van der Waals surface area contributed by atoms with Crippen LogP contribution < -0.4 is 5.32 Å². The lowest BCUT2D eigenvalue weighted by Gasteiger charge is -2.28. The Bertz CT molecular complexity index is 459. The molecule has 2 atom stereocenters. The first-order chi connectivity index (χ1) is 9.26. The van der Waals surface area contributed by atoms with Gasteiger partial charge in [0, 0.05) is 10.9 Å². The van der Waals surface area contributed by atoms with Gasteiger partial charge in [0.05, 0.1) is 5.03 Å². The van der Waals surface area contributed by atoms with Crippen LogP contribution in [0.3, 0.4) is 0 Å². The fraction of sp³-hybridized carbons (Fsp3) is 0.600. The minimum Gasteiger partial charge on any atom is -0.480 e. The molecule has 0 aromatic carbocycles. The lowest BCUT2D eigenvalue weighted by Crippen LogP contribution is -2.50. The van der Waals surface area contributed by atoms with Crippen molar-refractivity contribution in [2.75, 3.05) is 6.54 Å². The van der Waals surface area contributed by atoms with Gasteiger partial charge in [0.2, 0.25) is 0 Å². The number of thioether (sulfide) groups is 1. The standard InChI is InChI=1S/C15H24N2O2S/c1-6-16-15(5,14(18)19)9-12(4)20-13-8-10(2)7-11(3)17-13/h7-8,12,16H,6,9H2,1-5H3,(H,18,19). The molecular formula is C15H24N2O2S. The average molecular weight is 296 g/mol. The van der Waals surface area contributed by atoms with E-state index in [9.17, 15) is 9.90 Å². The molecule has 0 radical (unpaired) electrons. The van der Waals surface area contributed by atoms with Crippen LogP contribution in [0.4, 0.5) is 0 Å². The number of rotatable bonds is 7. The summed E-state index contributed by atoms with van der Waals surface area (Å²) < 4.78 is 0. The highest BCUT2D eigenvalue weighted by Crippen LogP contribution is 2.28. The molecule has 0 aliphatic carbocycles. The molecule has 1 heterocycles. The summed E-state index contributed by atoms with van der Waals surface area (Å²) in [5.41, 5.74) is 1.28. The number of aryl methyl sites for hydroxylation is 2. The number of hydrogen-bond acceptors (Lipinski definition) is 4. The molecule has 20 heavy (non-hydrogen) atoms. The summed E-state index contributed by atoms with van der Waals surface area (Å²) in [4.78, 5) is 15.9. The van der Waals surface area contributed by atoms with E-state index in [1.165, 1.54) is 5.56 Å². The summed E-state index contributed by atoms with van der Waals surface area (Å²) in [6.07, 6.45) is 0.551. The maximum absolute atomic E-state index is 11.4. The minimum absolute atomic E-state index is 0.170. The molecule has 2 N–H and O–H groups in total. The predicted octanol–water partition coefficient (Wildman–Crippen LogP) is 3.02. The summed E-state index contributed by atoms with van der Waals surface area (Å²) in [5, 5.41) is 13.6. The van der Waals surface area contributed by atoms with Crippen molar-refractivity contribution in [3.05, 3.63) is 23.4 Å². The zero-order valence-electron chi connectivity index (χ0n) is 12.9. The lowest BCUT2D eigenvalue weighted by molar-refractivity contribution is -0.144. The van der Waals surface area contributed by atoms with Crippen LogP contribution >= 0.6 is 11.8 Å². The molecule has 112 valence electrons. The van der Waals surface area contributed by atoms with Gasteiger partial charge in [-0.3, -0.25) is 4.79 Å². The maximum atomic E-state index is 11.4. The van der Waals surface area contributed by atoms with Crippen molar-refractivity contribution in [1.29, 1.82) is 0 Å². The van der Waals surface area contributed by atoms with Gasteiger partial charge in [-0.25, -0.2) is 4.98 Å². The van der Waals surface area contributed by atoms with E-state index in [-0.39, 0.29) is 5.25 Å². The van der Waals surface area contributed by atoms with E-state index in [4.69, 9.17) is 0 Å². The highest BCUT2D eigenvalue weighted by Gasteiger charge is 2.34. The van der Waals surface area contributed by atoms with Gasteiger partial charge in [0.25, 0.3) is 0 Å². The molecule has 0 aliphatic heterocycles. The molecule has 4 nitrogen and oxygen atoms in total. The second-order valence-corrected chi connectivity index (χ2v) is 6.88. The maximum Gasteiger partial charge on any atom is 0.323 e. The summed E-state index contributed by atoms with van der Waals surface area (Å²) in [6.45, 7) is 10.4. The first-order valence-corrected chi connectivity index (χ1v) is 7.75. The van der Waals surface area contributed by atoms with Crippen molar-refractivity contribution >= 4 is 17.7 Å². The number of pyridine rings is 1. The van der Waals surface area contributed by atoms with E-state index in [2.05, 4.69) is 10.3 Å². The molecule has 1 rings (SSSR count). The number of nitrogens with one attached hydrogen (secondary N) is 1. The van der Waals surface area contributed by atoms with Crippen LogP contribution in [0.5, 0.6) is 0 Å². The van der Waals surface area contributed by atoms with E-state index >= 15 is 0 Å². The van der Waals surface area contributed by atoms with Crippen molar-refractivity contribution in [1.82, 2.24) is 10.3 Å². The first-order valence-electron chi connectivity index (χ1n) is 6.87. The van der Waals surface area contributed by atoms with Crippen LogP contribution in [0.2, 0.25) is 0 Å². The van der Waals surface area contributed by atoms with Crippen molar-refractivity contribution < 1.29 is 9.90 Å². The molecule has 1 aromatic rings. The SMILES string of the molecule is CCNC(C)(CC(C)Sc1cc(C)cc(C)n1)C(=O)O. The van der Waals surface area contributed by atoms with Gasteiger partial charge in [-0.2, -0.15) is 0 Å². The van der Waals surface area contributed by atoms with Crippen molar-refractivity contribution in [3.8, 4) is 0 Å². The molecule has 2 unspecified atom stereocenters. The third kappa shape index (κ3) is 4.80. The smallest absolute Gasteiger partial charge is 0.323 e. The summed E-state index contributed by atoms with van der Waals surface area (Å²) >= 11 is 1.63. The lowest BCUT2D eigenvalue weighted by atomic mass is 9.96. The second-order valence-electron chi connectivity index (χ2n) is 5.42. The molecule has 0 aliphatic rings. The molecule has 0 saturated heterocycles. The van der Waals surface area contributed by atoms with E-state index in [0.717, 1.165) is 10.7 Å². The Morgan fingerprint density at radius 2 is 2.15 bits per heavy atom. The Kier molecular flexibility index (Phi) is 6.02. The molecule has 1 aromatic heterocycles. The highest BCUT2D eigenvalue weighted by molar-refractivity contribution is 7.99. The third-order valence-electron chi connectivity index (χ3n) is 3.13. The van der Waals surface area contributed by atoms with Gasteiger partial charge in [0.1, 0.15) is 5.54 Å². The first kappa shape index (κ1) is 17.0. The van der Waals surface area contributed by atoms with Crippen molar-refractivity contribution in [2.45, 2.75) is 56.9 Å². The fourth-order valence-electron chi connectivity index (χ4n) is 2.31. The average Bonchev–Trinajstić information content (AvgIpc) is 2.26. The number of carboxylic acid groups (broad SMARTS) is 1. The number of aromatic nitrogens is 1. The second kappa shape index (κ2) is 7.09. The zero-order valence-corrected chi connectivity index (χ0v) is 13.7. The van der Waals surface area contributed by atoms with Crippen LogP contribution in [0.25, 0.3) is 0 Å². The topological polar surface area (TPSA) is 62.2 Å². The number of carboxylic acids is 1. The van der Waals surface area contributed by atoms with E-state index in [0.29, 0.717) is 13.0 Å². The number of aliphatic carboxylic acids is 1. The summed E-state index contributed by atoms with van der Waals surface area (Å²) in [7, 11) is 0. The number of likely N-dealkylation sites (N-methyl/N-ethyl adjacent to an activating group) is 1. The van der Waals surface area contributed by atoms with E-state index in [1.807, 2.05) is 39.8 Å². The molecule has 0 bridgehead atoms. The van der Waals surface area contributed by atoms with Gasteiger partial charge in [-0.15, -0.1) is 11.8 Å². The van der Waals surface area contributed by atoms with Gasteiger partial charge >= 0.3 is 5.97 Å². The van der Waals surface area contributed by atoms with Crippen LogP contribution in [-0.4, -0.2) is 33.4 Å². The van der Waals surface area contributed by atoms with Crippen molar-refractivity contribution in [2.24, 2.45) is 0 Å². The molecule has 0 fully saturated rings. The van der Waals surface area contributed by atoms with Crippen LogP contribution in [0, 0.1) is 13.8 Å². The molecule has 0 saturated carbocycles. The fourth-order valence-corrected chi connectivity index (χ4v) is 3.59. The van der Waals surface area contributed by atoms with Gasteiger partial charge in [0.15, 0.2) is 0 Å². The largest absolute Gasteiger partial charge is 0.480 e. The van der Waals surface area contributed by atoms with Crippen LogP contribution in [-0.2, 0) is 4.79 Å². The van der Waals surface area contributed by atoms with Crippen LogP contribution in [0.15, 0.2) is 17.2 Å². The van der Waals surface area contributed by atoms with Gasteiger partial charge in [-0.05, 0) is 51.4 Å². The van der Waals surface area contributed by atoms with Gasteiger partial charge in [-0.1, -0.05) is 13.8 Å². The Hall–Kier alpha value is -1.07.